The molecule has 1 N–H and O–H groups in total. The van der Waals surface area contributed by atoms with Crippen molar-refractivity contribution in [3.05, 3.63) is 87.4 Å². The molecule has 0 saturated carbocycles. The topological polar surface area (TPSA) is 66.5 Å². The highest BCUT2D eigenvalue weighted by Crippen LogP contribution is 2.31. The van der Waals surface area contributed by atoms with E-state index >= 15 is 0 Å². The van der Waals surface area contributed by atoms with E-state index in [0.29, 0.717) is 5.69 Å². The van der Waals surface area contributed by atoms with E-state index in [4.69, 9.17) is 23.2 Å². The number of hydrogen-bond acceptors (Lipinski definition) is 3. The summed E-state index contributed by atoms with van der Waals surface area (Å²) in [6.07, 6.45) is 0. The van der Waals surface area contributed by atoms with Crippen molar-refractivity contribution in [2.45, 2.75) is 25.7 Å². The molecule has 0 radical (unpaired) electrons. The maximum Gasteiger partial charge on any atom is 0.264 e. The van der Waals surface area contributed by atoms with Crippen molar-refractivity contribution >= 4 is 50.5 Å². The number of rotatable bonds is 6. The Hall–Kier alpha value is -2.54. The Kier molecular flexibility index (Phi) is 6.94. The zero-order chi connectivity index (χ0) is 22.8. The minimum atomic E-state index is -4.03. The zero-order valence-electron chi connectivity index (χ0n) is 17.3. The molecule has 31 heavy (non-hydrogen) atoms. The molecule has 3 aromatic carbocycles. The molecule has 3 rings (SSSR count). The summed E-state index contributed by atoms with van der Waals surface area (Å²) in [6, 6.07) is 16.3. The molecule has 0 heterocycles. The van der Waals surface area contributed by atoms with Crippen molar-refractivity contribution in [1.82, 2.24) is 0 Å². The number of carbonyl (C=O) groups excluding carboxylic acids is 1. The number of benzene rings is 3. The van der Waals surface area contributed by atoms with Gasteiger partial charge in [-0.3, -0.25) is 9.10 Å². The fourth-order valence-electron chi connectivity index (χ4n) is 3.36. The standard InChI is InChI=1S/C23H22Cl2N2O3S/c1-15-11-16(2)23(17(3)12-15)26-22(28)14-27(18-9-10-20(24)21(25)13-18)31(29,30)19-7-5-4-6-8-19/h4-13H,14H2,1-3H3,(H,26,28). The van der Waals surface area contributed by atoms with Gasteiger partial charge < -0.3 is 5.32 Å². The molecule has 8 heteroatoms. The van der Waals surface area contributed by atoms with E-state index in [-0.39, 0.29) is 20.6 Å². The lowest BCUT2D eigenvalue weighted by Gasteiger charge is -2.25. The number of halogens is 2. The van der Waals surface area contributed by atoms with Crippen LogP contribution in [0.2, 0.25) is 10.0 Å². The zero-order valence-corrected chi connectivity index (χ0v) is 19.6. The molecule has 0 fully saturated rings. The Morgan fingerprint density at radius 3 is 2.10 bits per heavy atom. The highest BCUT2D eigenvalue weighted by Gasteiger charge is 2.28. The Labute approximate surface area is 192 Å². The minimum absolute atomic E-state index is 0.0663. The lowest BCUT2D eigenvalue weighted by molar-refractivity contribution is -0.114. The number of aryl methyl sites for hydroxylation is 3. The van der Waals surface area contributed by atoms with E-state index in [2.05, 4.69) is 5.32 Å². The monoisotopic (exact) mass is 476 g/mol. The van der Waals surface area contributed by atoms with Crippen molar-refractivity contribution < 1.29 is 13.2 Å². The van der Waals surface area contributed by atoms with Gasteiger partial charge in [-0.05, 0) is 62.2 Å². The smallest absolute Gasteiger partial charge is 0.264 e. The predicted octanol–water partition coefficient (Wildman–Crippen LogP) is 5.75. The molecule has 0 unspecified atom stereocenters. The number of amides is 1. The Bertz CT molecular complexity index is 1210. The molecule has 3 aromatic rings. The van der Waals surface area contributed by atoms with Crippen molar-refractivity contribution in [3.63, 3.8) is 0 Å². The first kappa shape index (κ1) is 23.1. The van der Waals surface area contributed by atoms with Gasteiger partial charge in [-0.1, -0.05) is 59.1 Å². The van der Waals surface area contributed by atoms with Crippen LogP contribution in [0.25, 0.3) is 0 Å². The Morgan fingerprint density at radius 2 is 1.52 bits per heavy atom. The van der Waals surface area contributed by atoms with E-state index in [1.54, 1.807) is 18.2 Å². The van der Waals surface area contributed by atoms with Gasteiger partial charge in [-0.25, -0.2) is 8.42 Å². The molecule has 0 atom stereocenters. The van der Waals surface area contributed by atoms with Crippen LogP contribution in [0.5, 0.6) is 0 Å². The van der Waals surface area contributed by atoms with Gasteiger partial charge in [0.15, 0.2) is 0 Å². The van der Waals surface area contributed by atoms with E-state index in [9.17, 15) is 13.2 Å². The van der Waals surface area contributed by atoms with Crippen LogP contribution in [0.15, 0.2) is 65.6 Å². The van der Waals surface area contributed by atoms with Crippen LogP contribution in [0, 0.1) is 20.8 Å². The third-order valence-electron chi connectivity index (χ3n) is 4.75. The molecule has 0 spiro atoms. The van der Waals surface area contributed by atoms with Gasteiger partial charge in [-0.2, -0.15) is 0 Å². The SMILES string of the molecule is Cc1cc(C)c(NC(=O)CN(c2ccc(Cl)c(Cl)c2)S(=O)(=O)c2ccccc2)c(C)c1. The number of nitrogens with zero attached hydrogens (tertiary/aromatic N) is 1. The van der Waals surface area contributed by atoms with Crippen LogP contribution >= 0.6 is 23.2 Å². The van der Waals surface area contributed by atoms with Crippen molar-refractivity contribution in [2.24, 2.45) is 0 Å². The summed E-state index contributed by atoms with van der Waals surface area (Å²) in [5.74, 6) is -0.472. The van der Waals surface area contributed by atoms with E-state index in [0.717, 1.165) is 21.0 Å². The van der Waals surface area contributed by atoms with Crippen molar-refractivity contribution in [1.29, 1.82) is 0 Å². The fraction of sp³-hybridized carbons (Fsp3) is 0.174. The van der Waals surface area contributed by atoms with Crippen LogP contribution in [-0.2, 0) is 14.8 Å². The first-order chi connectivity index (χ1) is 14.6. The second kappa shape index (κ2) is 9.30. The molecular formula is C23H22Cl2N2O3S. The van der Waals surface area contributed by atoms with Gasteiger partial charge in [0, 0.05) is 5.69 Å². The average Bonchev–Trinajstić information content (AvgIpc) is 2.71. The minimum Gasteiger partial charge on any atom is -0.324 e. The fourth-order valence-corrected chi connectivity index (χ4v) is 5.09. The van der Waals surface area contributed by atoms with Crippen LogP contribution in [-0.4, -0.2) is 20.9 Å². The molecule has 162 valence electrons. The van der Waals surface area contributed by atoms with Crippen molar-refractivity contribution in [3.8, 4) is 0 Å². The Balaban J connectivity index is 1.99. The van der Waals surface area contributed by atoms with Gasteiger partial charge in [-0.15, -0.1) is 0 Å². The molecule has 0 aliphatic heterocycles. The molecule has 0 aromatic heterocycles. The van der Waals surface area contributed by atoms with Crippen LogP contribution < -0.4 is 9.62 Å². The highest BCUT2D eigenvalue weighted by atomic mass is 35.5. The number of carbonyl (C=O) groups is 1. The summed E-state index contributed by atoms with van der Waals surface area (Å²) in [7, 11) is -4.03. The van der Waals surface area contributed by atoms with Gasteiger partial charge in [0.05, 0.1) is 20.6 Å². The molecule has 5 nitrogen and oxygen atoms in total. The predicted molar refractivity (Wildman–Crippen MR) is 127 cm³/mol. The summed E-state index contributed by atoms with van der Waals surface area (Å²) >= 11 is 12.1. The van der Waals surface area contributed by atoms with Gasteiger partial charge in [0.2, 0.25) is 5.91 Å². The molecule has 0 aliphatic carbocycles. The molecule has 1 amide bonds. The van der Waals surface area contributed by atoms with Crippen LogP contribution in [0.1, 0.15) is 16.7 Å². The quantitative estimate of drug-likeness (QED) is 0.492. The van der Waals surface area contributed by atoms with Crippen LogP contribution in [0.3, 0.4) is 0 Å². The van der Waals surface area contributed by atoms with E-state index in [1.165, 1.54) is 30.3 Å². The first-order valence-corrected chi connectivity index (χ1v) is 11.7. The number of hydrogen-bond donors (Lipinski definition) is 1. The second-order valence-corrected chi connectivity index (χ2v) is 9.92. The lowest BCUT2D eigenvalue weighted by atomic mass is 10.1. The normalized spacial score (nSPS) is 11.3. The van der Waals surface area contributed by atoms with Gasteiger partial charge in [0.1, 0.15) is 6.54 Å². The summed E-state index contributed by atoms with van der Waals surface area (Å²) in [4.78, 5) is 13.0. The van der Waals surface area contributed by atoms with E-state index < -0.39 is 22.5 Å². The summed E-state index contributed by atoms with van der Waals surface area (Å²) in [5, 5.41) is 3.33. The number of sulfonamides is 1. The molecule has 0 bridgehead atoms. The summed E-state index contributed by atoms with van der Waals surface area (Å²) < 4.78 is 27.8. The third kappa shape index (κ3) is 5.21. The molecule has 0 aliphatic rings. The lowest BCUT2D eigenvalue weighted by Crippen LogP contribution is -2.38. The molecule has 0 saturated heterocycles. The van der Waals surface area contributed by atoms with Crippen LogP contribution in [0.4, 0.5) is 11.4 Å². The maximum atomic E-state index is 13.4. The number of anilines is 2. The highest BCUT2D eigenvalue weighted by molar-refractivity contribution is 7.92. The van der Waals surface area contributed by atoms with Crippen molar-refractivity contribution in [2.75, 3.05) is 16.2 Å². The first-order valence-electron chi connectivity index (χ1n) is 9.50. The Morgan fingerprint density at radius 1 is 0.903 bits per heavy atom. The average molecular weight is 477 g/mol. The van der Waals surface area contributed by atoms with E-state index in [1.807, 2.05) is 32.9 Å². The van der Waals surface area contributed by atoms with Gasteiger partial charge in [0.25, 0.3) is 10.0 Å². The maximum absolute atomic E-state index is 13.4. The van der Waals surface area contributed by atoms with Gasteiger partial charge >= 0.3 is 0 Å². The molecular weight excluding hydrogens is 455 g/mol. The summed E-state index contributed by atoms with van der Waals surface area (Å²) in [6.45, 7) is 5.34. The summed E-state index contributed by atoms with van der Waals surface area (Å²) in [5.41, 5.74) is 3.79. The number of nitrogens with one attached hydrogen (secondary N) is 1. The third-order valence-corrected chi connectivity index (χ3v) is 7.28. The largest absolute Gasteiger partial charge is 0.324 e. The second-order valence-electron chi connectivity index (χ2n) is 7.25.